The summed E-state index contributed by atoms with van der Waals surface area (Å²) < 4.78 is 2.18. The first-order valence-corrected chi connectivity index (χ1v) is 9.47. The Labute approximate surface area is 148 Å². The van der Waals surface area contributed by atoms with E-state index in [-0.39, 0.29) is 5.28 Å². The summed E-state index contributed by atoms with van der Waals surface area (Å²) in [5, 5.41) is 3.68. The predicted molar refractivity (Wildman–Crippen MR) is 98.7 cm³/mol. The second-order valence-electron chi connectivity index (χ2n) is 6.41. The van der Waals surface area contributed by atoms with Gasteiger partial charge in [-0.1, -0.05) is 26.7 Å². The van der Waals surface area contributed by atoms with Gasteiger partial charge < -0.3 is 14.8 Å². The lowest BCUT2D eigenvalue weighted by Crippen LogP contribution is -2.25. The molecule has 0 spiro atoms. The van der Waals surface area contributed by atoms with Crippen LogP contribution in [0, 0.1) is 0 Å². The number of nitrogens with zero attached hydrogens (tertiary/aromatic N) is 5. The van der Waals surface area contributed by atoms with Crippen LogP contribution in [-0.4, -0.2) is 50.6 Å². The first-order chi connectivity index (χ1) is 11.7. The van der Waals surface area contributed by atoms with E-state index >= 15 is 0 Å². The molecule has 6 nitrogen and oxygen atoms in total. The van der Waals surface area contributed by atoms with E-state index in [4.69, 9.17) is 11.6 Å². The lowest BCUT2D eigenvalue weighted by atomic mass is 10.2. The molecule has 0 aliphatic heterocycles. The molecule has 2 aromatic rings. The zero-order chi connectivity index (χ0) is 16.9. The summed E-state index contributed by atoms with van der Waals surface area (Å²) in [6.07, 6.45) is 7.90. The molecule has 24 heavy (non-hydrogen) atoms. The van der Waals surface area contributed by atoms with Crippen LogP contribution in [0.15, 0.2) is 6.33 Å². The SMILES string of the molecule is CCN(CC)CCCNc1nc(Cl)nc2c1ncn2C1CCCC1. The average Bonchev–Trinajstić information content (AvgIpc) is 3.23. The molecule has 0 aromatic carbocycles. The topological polar surface area (TPSA) is 58.9 Å². The summed E-state index contributed by atoms with van der Waals surface area (Å²) in [4.78, 5) is 15.8. The molecule has 2 aromatic heterocycles. The van der Waals surface area contributed by atoms with Crippen molar-refractivity contribution in [2.45, 2.75) is 52.0 Å². The Morgan fingerprint density at radius 2 is 2.00 bits per heavy atom. The van der Waals surface area contributed by atoms with Crippen LogP contribution in [0.5, 0.6) is 0 Å². The van der Waals surface area contributed by atoms with E-state index in [9.17, 15) is 0 Å². The van der Waals surface area contributed by atoms with E-state index in [0.29, 0.717) is 6.04 Å². The third-order valence-corrected chi connectivity index (χ3v) is 5.12. The van der Waals surface area contributed by atoms with Crippen LogP contribution in [0.4, 0.5) is 5.82 Å². The van der Waals surface area contributed by atoms with Crippen LogP contribution in [-0.2, 0) is 0 Å². The van der Waals surface area contributed by atoms with E-state index in [1.807, 2.05) is 6.33 Å². The number of halogens is 1. The van der Waals surface area contributed by atoms with Crippen LogP contribution in [0.1, 0.15) is 52.0 Å². The number of anilines is 1. The molecule has 3 rings (SSSR count). The van der Waals surface area contributed by atoms with Gasteiger partial charge in [0.15, 0.2) is 17.0 Å². The number of hydrogen-bond acceptors (Lipinski definition) is 5. The molecule has 1 aliphatic rings. The highest BCUT2D eigenvalue weighted by Crippen LogP contribution is 2.32. The molecule has 0 unspecified atom stereocenters. The molecule has 1 N–H and O–H groups in total. The van der Waals surface area contributed by atoms with Crippen molar-refractivity contribution < 1.29 is 0 Å². The summed E-state index contributed by atoms with van der Waals surface area (Å²) >= 11 is 6.16. The third kappa shape index (κ3) is 3.81. The number of fused-ring (bicyclic) bond motifs is 1. The Kier molecular flexibility index (Phi) is 5.89. The first-order valence-electron chi connectivity index (χ1n) is 9.09. The second-order valence-corrected chi connectivity index (χ2v) is 6.75. The lowest BCUT2D eigenvalue weighted by molar-refractivity contribution is 0.303. The van der Waals surface area contributed by atoms with E-state index in [0.717, 1.165) is 49.6 Å². The maximum atomic E-state index is 6.16. The normalized spacial score (nSPS) is 15.7. The molecular weight excluding hydrogens is 324 g/mol. The smallest absolute Gasteiger partial charge is 0.226 e. The maximum Gasteiger partial charge on any atom is 0.226 e. The van der Waals surface area contributed by atoms with Crippen molar-refractivity contribution in [3.63, 3.8) is 0 Å². The summed E-state index contributed by atoms with van der Waals surface area (Å²) in [6.45, 7) is 8.51. The fourth-order valence-electron chi connectivity index (χ4n) is 3.51. The second kappa shape index (κ2) is 8.12. The van der Waals surface area contributed by atoms with Crippen molar-refractivity contribution in [3.05, 3.63) is 11.6 Å². The van der Waals surface area contributed by atoms with Crippen molar-refractivity contribution in [3.8, 4) is 0 Å². The van der Waals surface area contributed by atoms with E-state index in [1.165, 1.54) is 25.7 Å². The van der Waals surface area contributed by atoms with Gasteiger partial charge in [0, 0.05) is 12.6 Å². The minimum absolute atomic E-state index is 0.286. The van der Waals surface area contributed by atoms with Gasteiger partial charge in [0.05, 0.1) is 6.33 Å². The molecule has 0 saturated heterocycles. The van der Waals surface area contributed by atoms with Gasteiger partial charge in [0.2, 0.25) is 5.28 Å². The van der Waals surface area contributed by atoms with Gasteiger partial charge in [-0.15, -0.1) is 0 Å². The highest BCUT2D eigenvalue weighted by Gasteiger charge is 2.21. The van der Waals surface area contributed by atoms with E-state index < -0.39 is 0 Å². The van der Waals surface area contributed by atoms with Gasteiger partial charge in [-0.2, -0.15) is 9.97 Å². The molecule has 0 bridgehead atoms. The molecule has 0 amide bonds. The predicted octanol–water partition coefficient (Wildman–Crippen LogP) is 3.74. The molecule has 7 heteroatoms. The fraction of sp³-hybridized carbons (Fsp3) is 0.706. The Morgan fingerprint density at radius 1 is 1.25 bits per heavy atom. The minimum atomic E-state index is 0.286. The molecule has 1 saturated carbocycles. The summed E-state index contributed by atoms with van der Waals surface area (Å²) in [6, 6.07) is 0.497. The number of hydrogen-bond donors (Lipinski definition) is 1. The van der Waals surface area contributed by atoms with Crippen molar-refractivity contribution in [1.29, 1.82) is 0 Å². The van der Waals surface area contributed by atoms with E-state index in [2.05, 4.69) is 43.6 Å². The van der Waals surface area contributed by atoms with Crippen molar-refractivity contribution in [2.75, 3.05) is 31.5 Å². The summed E-state index contributed by atoms with van der Waals surface area (Å²) in [5.41, 5.74) is 1.68. The molecular formula is C17H27ClN6. The van der Waals surface area contributed by atoms with Crippen molar-refractivity contribution in [2.24, 2.45) is 0 Å². The van der Waals surface area contributed by atoms with Gasteiger partial charge in [-0.05, 0) is 50.5 Å². The number of nitrogens with one attached hydrogen (secondary N) is 1. The highest BCUT2D eigenvalue weighted by atomic mass is 35.5. The Hall–Kier alpha value is -1.40. The van der Waals surface area contributed by atoms with Crippen LogP contribution in [0.3, 0.4) is 0 Å². The Morgan fingerprint density at radius 3 is 2.71 bits per heavy atom. The molecule has 0 atom stereocenters. The maximum absolute atomic E-state index is 6.16. The average molecular weight is 351 g/mol. The van der Waals surface area contributed by atoms with Crippen LogP contribution < -0.4 is 5.32 Å². The molecule has 1 fully saturated rings. The number of rotatable bonds is 8. The van der Waals surface area contributed by atoms with Gasteiger partial charge in [-0.25, -0.2) is 4.98 Å². The summed E-state index contributed by atoms with van der Waals surface area (Å²) in [5.74, 6) is 0.751. The van der Waals surface area contributed by atoms with Crippen LogP contribution >= 0.6 is 11.6 Å². The highest BCUT2D eigenvalue weighted by molar-refractivity contribution is 6.28. The van der Waals surface area contributed by atoms with Crippen molar-refractivity contribution in [1.82, 2.24) is 24.4 Å². The summed E-state index contributed by atoms with van der Waals surface area (Å²) in [7, 11) is 0. The Balaban J connectivity index is 1.71. The molecule has 132 valence electrons. The quantitative estimate of drug-likeness (QED) is 0.580. The minimum Gasteiger partial charge on any atom is -0.368 e. The molecule has 1 aliphatic carbocycles. The van der Waals surface area contributed by atoms with Gasteiger partial charge in [-0.3, -0.25) is 0 Å². The van der Waals surface area contributed by atoms with Crippen LogP contribution in [0.2, 0.25) is 5.28 Å². The van der Waals surface area contributed by atoms with Gasteiger partial charge in [0.1, 0.15) is 0 Å². The fourth-order valence-corrected chi connectivity index (χ4v) is 3.68. The van der Waals surface area contributed by atoms with Crippen molar-refractivity contribution >= 4 is 28.6 Å². The Bertz CT molecular complexity index is 660. The van der Waals surface area contributed by atoms with Gasteiger partial charge >= 0.3 is 0 Å². The van der Waals surface area contributed by atoms with Gasteiger partial charge in [0.25, 0.3) is 0 Å². The van der Waals surface area contributed by atoms with E-state index in [1.54, 1.807) is 0 Å². The lowest BCUT2D eigenvalue weighted by Gasteiger charge is -2.17. The zero-order valence-corrected chi connectivity index (χ0v) is 15.4. The third-order valence-electron chi connectivity index (χ3n) is 4.95. The zero-order valence-electron chi connectivity index (χ0n) is 14.6. The largest absolute Gasteiger partial charge is 0.368 e. The number of imidazole rings is 1. The molecule has 0 radical (unpaired) electrons. The molecule has 2 heterocycles. The standard InChI is InChI=1S/C17H27ClN6/c1-3-23(4-2)11-7-10-19-15-14-16(22-17(18)21-15)24(12-20-14)13-8-5-6-9-13/h12-13H,3-11H2,1-2H3,(H,19,21,22). The number of aromatic nitrogens is 4. The van der Waals surface area contributed by atoms with Crippen LogP contribution in [0.25, 0.3) is 11.2 Å². The monoisotopic (exact) mass is 350 g/mol. The first kappa shape index (κ1) is 17.4.